The summed E-state index contributed by atoms with van der Waals surface area (Å²) in [7, 11) is 5.20. The van der Waals surface area contributed by atoms with Gasteiger partial charge >= 0.3 is 5.97 Å². The van der Waals surface area contributed by atoms with Crippen molar-refractivity contribution in [2.24, 2.45) is 0 Å². The first kappa shape index (κ1) is 15.7. The lowest BCUT2D eigenvalue weighted by molar-refractivity contribution is -0.131. The molecular weight excluding hydrogens is 258 g/mol. The summed E-state index contributed by atoms with van der Waals surface area (Å²) in [5.74, 6) is -0.309. The van der Waals surface area contributed by atoms with Crippen molar-refractivity contribution in [1.82, 2.24) is 9.88 Å². The molecule has 1 aromatic rings. The van der Waals surface area contributed by atoms with Crippen LogP contribution in [-0.4, -0.2) is 54.6 Å². The van der Waals surface area contributed by atoms with Crippen LogP contribution in [0.25, 0.3) is 6.08 Å². The SMILES string of the molecule is Cc1cc(/C=C/C(=O)O)cnc1N(C)CC(=O)N(C)C. The third kappa shape index (κ3) is 4.38. The third-order valence-corrected chi connectivity index (χ3v) is 2.72. The first-order valence-electron chi connectivity index (χ1n) is 6.10. The highest BCUT2D eigenvalue weighted by atomic mass is 16.4. The Bertz CT molecular complexity index is 538. The summed E-state index contributed by atoms with van der Waals surface area (Å²) < 4.78 is 0. The van der Waals surface area contributed by atoms with Crippen LogP contribution in [0.4, 0.5) is 5.82 Å². The zero-order chi connectivity index (χ0) is 15.3. The van der Waals surface area contributed by atoms with Gasteiger partial charge in [0.2, 0.25) is 5.91 Å². The van der Waals surface area contributed by atoms with Crippen molar-refractivity contribution >= 4 is 23.8 Å². The van der Waals surface area contributed by atoms with Crippen LogP contribution in [-0.2, 0) is 9.59 Å². The Kier molecular flexibility index (Phi) is 5.25. The van der Waals surface area contributed by atoms with Crippen molar-refractivity contribution in [3.63, 3.8) is 0 Å². The average molecular weight is 277 g/mol. The molecule has 0 aliphatic heterocycles. The summed E-state index contributed by atoms with van der Waals surface area (Å²) >= 11 is 0. The second-order valence-electron chi connectivity index (χ2n) is 4.72. The predicted molar refractivity (Wildman–Crippen MR) is 77.6 cm³/mol. The summed E-state index contributed by atoms with van der Waals surface area (Å²) in [6, 6.07) is 1.83. The quantitative estimate of drug-likeness (QED) is 0.813. The van der Waals surface area contributed by atoms with Crippen LogP contribution in [0.15, 0.2) is 18.3 Å². The summed E-state index contributed by atoms with van der Waals surface area (Å²) in [5.41, 5.74) is 1.59. The highest BCUT2D eigenvalue weighted by molar-refractivity contribution is 5.85. The molecule has 0 saturated carbocycles. The molecule has 1 aromatic heterocycles. The molecule has 6 heteroatoms. The Morgan fingerprint density at radius 2 is 2.00 bits per heavy atom. The standard InChI is InChI=1S/C14H19N3O3/c1-10-7-11(5-6-13(19)20)8-15-14(10)17(4)9-12(18)16(2)3/h5-8H,9H2,1-4H3,(H,19,20)/b6-5+. The molecular formula is C14H19N3O3. The number of hydrogen-bond acceptors (Lipinski definition) is 4. The number of carbonyl (C=O) groups excluding carboxylic acids is 1. The molecule has 0 spiro atoms. The van der Waals surface area contributed by atoms with Crippen molar-refractivity contribution in [3.8, 4) is 0 Å². The fourth-order valence-corrected chi connectivity index (χ4v) is 1.67. The largest absolute Gasteiger partial charge is 0.478 e. The molecule has 20 heavy (non-hydrogen) atoms. The Balaban J connectivity index is 2.87. The van der Waals surface area contributed by atoms with Crippen LogP contribution in [0.1, 0.15) is 11.1 Å². The number of hydrogen-bond donors (Lipinski definition) is 1. The Labute approximate surface area is 118 Å². The van der Waals surface area contributed by atoms with E-state index in [1.807, 2.05) is 13.0 Å². The number of carboxylic acid groups (broad SMARTS) is 1. The normalized spacial score (nSPS) is 10.6. The van der Waals surface area contributed by atoms with Crippen LogP contribution in [0.3, 0.4) is 0 Å². The Morgan fingerprint density at radius 3 is 2.50 bits per heavy atom. The van der Waals surface area contributed by atoms with Crippen LogP contribution in [0.2, 0.25) is 0 Å². The number of likely N-dealkylation sites (N-methyl/N-ethyl adjacent to an activating group) is 2. The number of pyridine rings is 1. The number of amides is 1. The molecule has 1 rings (SSSR count). The molecule has 0 unspecified atom stereocenters. The smallest absolute Gasteiger partial charge is 0.328 e. The van der Waals surface area contributed by atoms with E-state index in [9.17, 15) is 9.59 Å². The lowest BCUT2D eigenvalue weighted by Crippen LogP contribution is -2.35. The first-order chi connectivity index (χ1) is 9.31. The van der Waals surface area contributed by atoms with E-state index in [-0.39, 0.29) is 12.5 Å². The van der Waals surface area contributed by atoms with Gasteiger partial charge < -0.3 is 14.9 Å². The maximum atomic E-state index is 11.7. The zero-order valence-electron chi connectivity index (χ0n) is 12.1. The van der Waals surface area contributed by atoms with Crippen molar-refractivity contribution in [1.29, 1.82) is 0 Å². The number of rotatable bonds is 5. The number of carbonyl (C=O) groups is 2. The molecule has 0 bridgehead atoms. The van der Waals surface area contributed by atoms with Gasteiger partial charge in [-0.2, -0.15) is 0 Å². The molecule has 0 aliphatic carbocycles. The minimum absolute atomic E-state index is 0.0106. The highest BCUT2D eigenvalue weighted by Crippen LogP contribution is 2.17. The summed E-state index contributed by atoms with van der Waals surface area (Å²) in [6.07, 6.45) is 4.13. The molecule has 0 saturated heterocycles. The molecule has 1 amide bonds. The van der Waals surface area contributed by atoms with Gasteiger partial charge in [0.1, 0.15) is 5.82 Å². The monoisotopic (exact) mass is 277 g/mol. The molecule has 0 aromatic carbocycles. The summed E-state index contributed by atoms with van der Waals surface area (Å²) in [6.45, 7) is 2.11. The maximum absolute atomic E-state index is 11.7. The number of nitrogens with zero attached hydrogens (tertiary/aromatic N) is 3. The van der Waals surface area contributed by atoms with E-state index in [1.165, 1.54) is 11.0 Å². The molecule has 0 aliphatic rings. The van der Waals surface area contributed by atoms with Gasteiger partial charge in [0.15, 0.2) is 0 Å². The number of aliphatic carboxylic acids is 1. The molecule has 1 N–H and O–H groups in total. The van der Waals surface area contributed by atoms with Crippen LogP contribution < -0.4 is 4.90 Å². The number of anilines is 1. The minimum Gasteiger partial charge on any atom is -0.478 e. The molecule has 0 atom stereocenters. The lowest BCUT2D eigenvalue weighted by Gasteiger charge is -2.21. The fourth-order valence-electron chi connectivity index (χ4n) is 1.67. The van der Waals surface area contributed by atoms with Gasteiger partial charge in [-0.25, -0.2) is 9.78 Å². The maximum Gasteiger partial charge on any atom is 0.328 e. The average Bonchev–Trinajstić information content (AvgIpc) is 2.35. The predicted octanol–water partition coefficient (Wildman–Crippen LogP) is 1.01. The van der Waals surface area contributed by atoms with E-state index >= 15 is 0 Å². The third-order valence-electron chi connectivity index (χ3n) is 2.72. The van der Waals surface area contributed by atoms with Gasteiger partial charge in [-0.1, -0.05) is 0 Å². The number of aromatic nitrogens is 1. The second kappa shape index (κ2) is 6.70. The highest BCUT2D eigenvalue weighted by Gasteiger charge is 2.12. The zero-order valence-corrected chi connectivity index (χ0v) is 12.1. The number of aryl methyl sites for hydroxylation is 1. The van der Waals surface area contributed by atoms with Gasteiger partial charge in [0.05, 0.1) is 6.54 Å². The Morgan fingerprint density at radius 1 is 1.35 bits per heavy atom. The van der Waals surface area contributed by atoms with Crippen molar-refractivity contribution in [2.75, 3.05) is 32.6 Å². The van der Waals surface area contributed by atoms with Crippen LogP contribution in [0, 0.1) is 6.92 Å². The molecule has 0 fully saturated rings. The van der Waals surface area contributed by atoms with Gasteiger partial charge in [-0.15, -0.1) is 0 Å². The topological polar surface area (TPSA) is 73.7 Å². The van der Waals surface area contributed by atoms with Gasteiger partial charge in [-0.3, -0.25) is 4.79 Å². The van der Waals surface area contributed by atoms with Gasteiger partial charge in [0.25, 0.3) is 0 Å². The van der Waals surface area contributed by atoms with E-state index < -0.39 is 5.97 Å². The van der Waals surface area contributed by atoms with Crippen molar-refractivity contribution in [3.05, 3.63) is 29.5 Å². The lowest BCUT2D eigenvalue weighted by atomic mass is 10.2. The van der Waals surface area contributed by atoms with E-state index in [0.29, 0.717) is 11.4 Å². The van der Waals surface area contributed by atoms with Crippen LogP contribution >= 0.6 is 0 Å². The minimum atomic E-state index is -1.000. The fraction of sp³-hybridized carbons (Fsp3) is 0.357. The van der Waals surface area contributed by atoms with E-state index in [0.717, 1.165) is 11.6 Å². The van der Waals surface area contributed by atoms with Crippen molar-refractivity contribution < 1.29 is 14.7 Å². The second-order valence-corrected chi connectivity index (χ2v) is 4.72. The molecule has 108 valence electrons. The summed E-state index contributed by atoms with van der Waals surface area (Å²) in [4.78, 5) is 29.7. The first-order valence-corrected chi connectivity index (χ1v) is 6.10. The molecule has 0 radical (unpaired) electrons. The van der Waals surface area contributed by atoms with E-state index in [1.54, 1.807) is 32.2 Å². The van der Waals surface area contributed by atoms with Gasteiger partial charge in [-0.05, 0) is 30.2 Å². The van der Waals surface area contributed by atoms with Crippen LogP contribution in [0.5, 0.6) is 0 Å². The van der Waals surface area contributed by atoms with Gasteiger partial charge in [0, 0.05) is 33.4 Å². The molecule has 1 heterocycles. The Hall–Kier alpha value is -2.37. The van der Waals surface area contributed by atoms with E-state index in [2.05, 4.69) is 4.98 Å². The van der Waals surface area contributed by atoms with Crippen molar-refractivity contribution in [2.45, 2.75) is 6.92 Å². The molecule has 6 nitrogen and oxygen atoms in total. The summed E-state index contributed by atoms with van der Waals surface area (Å²) in [5, 5.41) is 8.58. The number of carboxylic acids is 1. The van der Waals surface area contributed by atoms with E-state index in [4.69, 9.17) is 5.11 Å².